The first-order valence-electron chi connectivity index (χ1n) is 8.56. The van der Waals surface area contributed by atoms with Crippen LogP contribution in [0.2, 0.25) is 5.02 Å². The first-order chi connectivity index (χ1) is 12.3. The van der Waals surface area contributed by atoms with Crippen LogP contribution >= 0.6 is 11.6 Å². The lowest BCUT2D eigenvalue weighted by Gasteiger charge is -2.25. The van der Waals surface area contributed by atoms with Crippen LogP contribution in [0.3, 0.4) is 0 Å². The molecule has 0 saturated carbocycles. The second-order valence-electron chi connectivity index (χ2n) is 6.57. The van der Waals surface area contributed by atoms with Crippen molar-refractivity contribution in [1.82, 2.24) is 4.90 Å². The number of halogens is 4. The lowest BCUT2D eigenvalue weighted by Crippen LogP contribution is -2.34. The third-order valence-corrected chi connectivity index (χ3v) is 5.01. The molecule has 3 rings (SSSR count). The van der Waals surface area contributed by atoms with Gasteiger partial charge in [0.15, 0.2) is 0 Å². The van der Waals surface area contributed by atoms with E-state index in [1.165, 1.54) is 12.1 Å². The maximum atomic E-state index is 12.8. The Labute approximate surface area is 155 Å². The van der Waals surface area contributed by atoms with Gasteiger partial charge in [0.25, 0.3) is 5.91 Å². The molecule has 26 heavy (non-hydrogen) atoms. The predicted molar refractivity (Wildman–Crippen MR) is 95.4 cm³/mol. The zero-order chi connectivity index (χ0) is 18.7. The molecule has 0 N–H and O–H groups in total. The molecule has 0 bridgehead atoms. The van der Waals surface area contributed by atoms with Crippen molar-refractivity contribution in [2.45, 2.75) is 31.4 Å². The van der Waals surface area contributed by atoms with E-state index in [-0.39, 0.29) is 17.4 Å². The fourth-order valence-corrected chi connectivity index (χ4v) is 3.44. The number of hydrogen-bond acceptors (Lipinski definition) is 1. The van der Waals surface area contributed by atoms with E-state index in [0.29, 0.717) is 18.1 Å². The molecule has 0 spiro atoms. The van der Waals surface area contributed by atoms with Crippen LogP contribution in [0.1, 0.15) is 46.7 Å². The fraction of sp³-hybridized carbons (Fsp3) is 0.350. The standard InChI is InChI=1S/C20H19ClF3NO/c21-18-10-6-14(7-11-18)16-3-1-2-12-25(13-16)19(26)15-4-8-17(9-5-15)20(22,23)24/h4-11,16H,1-3,12-13H2. The van der Waals surface area contributed by atoms with Crippen molar-refractivity contribution in [3.8, 4) is 0 Å². The average Bonchev–Trinajstić information content (AvgIpc) is 2.87. The van der Waals surface area contributed by atoms with Gasteiger partial charge in [-0.05, 0) is 54.8 Å². The number of benzene rings is 2. The average molecular weight is 382 g/mol. The molecule has 1 aliphatic heterocycles. The van der Waals surface area contributed by atoms with Gasteiger partial charge in [-0.15, -0.1) is 0 Å². The van der Waals surface area contributed by atoms with Gasteiger partial charge in [-0.1, -0.05) is 30.2 Å². The molecule has 1 saturated heterocycles. The van der Waals surface area contributed by atoms with Gasteiger partial charge in [-0.3, -0.25) is 4.79 Å². The molecule has 2 aromatic carbocycles. The van der Waals surface area contributed by atoms with Crippen molar-refractivity contribution in [3.63, 3.8) is 0 Å². The number of likely N-dealkylation sites (tertiary alicyclic amines) is 1. The summed E-state index contributed by atoms with van der Waals surface area (Å²) in [6, 6.07) is 12.1. The first kappa shape index (κ1) is 18.8. The Morgan fingerprint density at radius 3 is 2.27 bits per heavy atom. The Kier molecular flexibility index (Phi) is 5.56. The molecule has 1 aliphatic rings. The van der Waals surface area contributed by atoms with E-state index in [4.69, 9.17) is 11.6 Å². The van der Waals surface area contributed by atoms with Gasteiger partial charge in [0.05, 0.1) is 5.56 Å². The van der Waals surface area contributed by atoms with Gasteiger partial charge in [-0.2, -0.15) is 13.2 Å². The van der Waals surface area contributed by atoms with Crippen LogP contribution in [0.4, 0.5) is 13.2 Å². The highest BCUT2D eigenvalue weighted by Crippen LogP contribution is 2.30. The summed E-state index contributed by atoms with van der Waals surface area (Å²) in [5.74, 6) is -0.0206. The van der Waals surface area contributed by atoms with Crippen LogP contribution in [0.15, 0.2) is 48.5 Å². The Bertz CT molecular complexity index is 756. The molecular formula is C20H19ClF3NO. The summed E-state index contributed by atoms with van der Waals surface area (Å²) in [4.78, 5) is 14.5. The summed E-state index contributed by atoms with van der Waals surface area (Å²) < 4.78 is 38.1. The normalized spacial score (nSPS) is 18.5. The maximum Gasteiger partial charge on any atom is 0.416 e. The molecule has 1 fully saturated rings. The number of hydrogen-bond donors (Lipinski definition) is 0. The third-order valence-electron chi connectivity index (χ3n) is 4.76. The molecule has 0 aromatic heterocycles. The summed E-state index contributed by atoms with van der Waals surface area (Å²) >= 11 is 5.94. The molecule has 1 unspecified atom stereocenters. The molecule has 1 amide bonds. The SMILES string of the molecule is O=C(c1ccc(C(F)(F)F)cc1)N1CCCCC(c2ccc(Cl)cc2)C1. The highest BCUT2D eigenvalue weighted by Gasteiger charge is 2.31. The van der Waals surface area contributed by atoms with Gasteiger partial charge in [-0.25, -0.2) is 0 Å². The lowest BCUT2D eigenvalue weighted by atomic mass is 9.94. The Hall–Kier alpha value is -2.01. The minimum atomic E-state index is -4.40. The highest BCUT2D eigenvalue weighted by molar-refractivity contribution is 6.30. The smallest absolute Gasteiger partial charge is 0.338 e. The van der Waals surface area contributed by atoms with E-state index in [0.717, 1.165) is 37.0 Å². The van der Waals surface area contributed by atoms with Crippen LogP contribution < -0.4 is 0 Å². The molecule has 138 valence electrons. The number of carbonyl (C=O) groups is 1. The molecule has 2 nitrogen and oxygen atoms in total. The van der Waals surface area contributed by atoms with Gasteiger partial charge < -0.3 is 4.90 Å². The summed E-state index contributed by atoms with van der Waals surface area (Å²) in [6.45, 7) is 1.17. The van der Waals surface area contributed by atoms with Crippen LogP contribution in [0.25, 0.3) is 0 Å². The number of rotatable bonds is 2. The van der Waals surface area contributed by atoms with E-state index in [1.807, 2.05) is 24.3 Å². The van der Waals surface area contributed by atoms with Crippen molar-refractivity contribution in [2.75, 3.05) is 13.1 Å². The topological polar surface area (TPSA) is 20.3 Å². The third kappa shape index (κ3) is 4.39. The van der Waals surface area contributed by atoms with Crippen LogP contribution in [-0.4, -0.2) is 23.9 Å². The quantitative estimate of drug-likeness (QED) is 0.646. The minimum absolute atomic E-state index is 0.202. The molecule has 6 heteroatoms. The second-order valence-corrected chi connectivity index (χ2v) is 7.01. The van der Waals surface area contributed by atoms with Crippen molar-refractivity contribution in [3.05, 3.63) is 70.2 Å². The Morgan fingerprint density at radius 2 is 1.65 bits per heavy atom. The van der Waals surface area contributed by atoms with Crippen molar-refractivity contribution in [1.29, 1.82) is 0 Å². The monoisotopic (exact) mass is 381 g/mol. The van der Waals surface area contributed by atoms with Gasteiger partial charge >= 0.3 is 6.18 Å². The summed E-state index contributed by atoms with van der Waals surface area (Å²) in [5, 5.41) is 0.667. The van der Waals surface area contributed by atoms with Crippen molar-refractivity contribution in [2.24, 2.45) is 0 Å². The van der Waals surface area contributed by atoms with Crippen LogP contribution in [-0.2, 0) is 6.18 Å². The van der Waals surface area contributed by atoms with Gasteiger partial charge in [0, 0.05) is 29.6 Å². The van der Waals surface area contributed by atoms with E-state index < -0.39 is 11.7 Å². The maximum absolute atomic E-state index is 12.8. The zero-order valence-corrected chi connectivity index (χ0v) is 14.9. The zero-order valence-electron chi connectivity index (χ0n) is 14.1. The fourth-order valence-electron chi connectivity index (χ4n) is 3.32. The Morgan fingerprint density at radius 1 is 1.00 bits per heavy atom. The van der Waals surface area contributed by atoms with E-state index in [1.54, 1.807) is 4.90 Å². The molecule has 1 heterocycles. The second kappa shape index (κ2) is 7.70. The summed E-state index contributed by atoms with van der Waals surface area (Å²) in [5.41, 5.74) is 0.667. The van der Waals surface area contributed by atoms with E-state index in [9.17, 15) is 18.0 Å². The van der Waals surface area contributed by atoms with Gasteiger partial charge in [0.1, 0.15) is 0 Å². The van der Waals surface area contributed by atoms with E-state index in [2.05, 4.69) is 0 Å². The predicted octanol–water partition coefficient (Wildman–Crippen LogP) is 5.77. The van der Waals surface area contributed by atoms with E-state index >= 15 is 0 Å². The first-order valence-corrected chi connectivity index (χ1v) is 8.94. The largest absolute Gasteiger partial charge is 0.416 e. The Balaban J connectivity index is 1.76. The lowest BCUT2D eigenvalue weighted by molar-refractivity contribution is -0.137. The molecule has 2 aromatic rings. The summed E-state index contributed by atoms with van der Waals surface area (Å²) in [6.07, 6.45) is -1.54. The molecule has 1 atom stereocenters. The number of nitrogens with zero attached hydrogens (tertiary/aromatic N) is 1. The molecule has 0 aliphatic carbocycles. The van der Waals surface area contributed by atoms with Crippen LogP contribution in [0, 0.1) is 0 Å². The van der Waals surface area contributed by atoms with Crippen molar-refractivity contribution < 1.29 is 18.0 Å². The molecular weight excluding hydrogens is 363 g/mol. The molecule has 0 radical (unpaired) electrons. The number of amides is 1. The van der Waals surface area contributed by atoms with Crippen LogP contribution in [0.5, 0.6) is 0 Å². The number of alkyl halides is 3. The minimum Gasteiger partial charge on any atom is -0.338 e. The highest BCUT2D eigenvalue weighted by atomic mass is 35.5. The van der Waals surface area contributed by atoms with Crippen molar-refractivity contribution >= 4 is 17.5 Å². The van der Waals surface area contributed by atoms with Gasteiger partial charge in [0.2, 0.25) is 0 Å². The number of carbonyl (C=O) groups excluding carboxylic acids is 1. The summed E-state index contributed by atoms with van der Waals surface area (Å²) in [7, 11) is 0.